The zero-order valence-corrected chi connectivity index (χ0v) is 8.45. The summed E-state index contributed by atoms with van der Waals surface area (Å²) < 4.78 is 6.14. The highest BCUT2D eigenvalue weighted by Gasteiger charge is 2.25. The summed E-state index contributed by atoms with van der Waals surface area (Å²) in [5.74, 6) is 0.569. The summed E-state index contributed by atoms with van der Waals surface area (Å²) in [6, 6.07) is 1.65. The Labute approximate surface area is 84.2 Å². The highest BCUT2D eigenvalue weighted by atomic mass is 79.9. The Morgan fingerprint density at radius 3 is 3.00 bits per heavy atom. The van der Waals surface area contributed by atoms with Crippen molar-refractivity contribution < 1.29 is 9.53 Å². The molecule has 0 saturated heterocycles. The van der Waals surface area contributed by atoms with Gasteiger partial charge in [0, 0.05) is 6.20 Å². The van der Waals surface area contributed by atoms with Crippen LogP contribution in [0.25, 0.3) is 0 Å². The number of ether oxygens (including phenoxy) is 1. The smallest absolute Gasteiger partial charge is 0.162 e. The van der Waals surface area contributed by atoms with Crippen molar-refractivity contribution in [2.24, 2.45) is 0 Å². The minimum absolute atomic E-state index is 0.277. The van der Waals surface area contributed by atoms with Crippen molar-refractivity contribution in [3.05, 3.63) is 22.4 Å². The molecule has 1 aliphatic rings. The van der Waals surface area contributed by atoms with Crippen molar-refractivity contribution in [2.75, 3.05) is 0 Å². The summed E-state index contributed by atoms with van der Waals surface area (Å²) in [6.45, 7) is 0. The predicted molar refractivity (Wildman–Crippen MR) is 51.0 cm³/mol. The Kier molecular flexibility index (Phi) is 2.31. The Hall–Kier alpha value is -0.900. The second-order valence-corrected chi connectivity index (χ2v) is 3.71. The maximum Gasteiger partial charge on any atom is 0.162 e. The Morgan fingerprint density at radius 2 is 2.38 bits per heavy atom. The first-order chi connectivity index (χ1) is 6.31. The van der Waals surface area contributed by atoms with Gasteiger partial charge in [0.1, 0.15) is 4.60 Å². The molecule has 0 N–H and O–H groups in total. The highest BCUT2D eigenvalue weighted by molar-refractivity contribution is 9.10. The van der Waals surface area contributed by atoms with Crippen LogP contribution in [-0.2, 0) is 0 Å². The fourth-order valence-electron chi connectivity index (χ4n) is 0.998. The molecule has 4 heteroatoms. The Morgan fingerprint density at radius 1 is 1.62 bits per heavy atom. The number of nitrogens with zero attached hydrogens (tertiary/aromatic N) is 1. The fraction of sp³-hybridized carbons (Fsp3) is 0.333. The third-order valence-corrected chi connectivity index (χ3v) is 2.39. The Balaban J connectivity index is 2.32. The van der Waals surface area contributed by atoms with Crippen LogP contribution in [0.5, 0.6) is 5.75 Å². The van der Waals surface area contributed by atoms with Gasteiger partial charge in [-0.2, -0.15) is 0 Å². The zero-order chi connectivity index (χ0) is 9.26. The lowest BCUT2D eigenvalue weighted by Crippen LogP contribution is -2.01. The molecular weight excluding hydrogens is 234 g/mol. The average Bonchev–Trinajstić information content (AvgIpc) is 2.92. The van der Waals surface area contributed by atoms with E-state index >= 15 is 0 Å². The van der Waals surface area contributed by atoms with Gasteiger partial charge in [0.05, 0.1) is 11.7 Å². The van der Waals surface area contributed by atoms with Crippen LogP contribution in [0.15, 0.2) is 16.9 Å². The normalized spacial score (nSPS) is 15.5. The lowest BCUT2D eigenvalue weighted by molar-refractivity contribution is 0.111. The molecule has 1 saturated carbocycles. The standard InChI is InChI=1S/C9H8BrNO2/c10-9-8(13-7-1-2-7)6(5-12)3-4-11-9/h3-5,7H,1-2H2. The molecule has 0 radical (unpaired) electrons. The number of carbonyl (C=O) groups excluding carboxylic acids is 1. The van der Waals surface area contributed by atoms with Crippen molar-refractivity contribution in [1.82, 2.24) is 4.98 Å². The molecule has 1 aromatic heterocycles. The molecule has 0 aromatic carbocycles. The molecule has 13 heavy (non-hydrogen) atoms. The van der Waals surface area contributed by atoms with Crippen molar-refractivity contribution in [1.29, 1.82) is 0 Å². The van der Waals surface area contributed by atoms with Gasteiger partial charge in [-0.1, -0.05) is 0 Å². The van der Waals surface area contributed by atoms with E-state index in [9.17, 15) is 4.79 Å². The van der Waals surface area contributed by atoms with Gasteiger partial charge in [0.15, 0.2) is 12.0 Å². The lowest BCUT2D eigenvalue weighted by atomic mass is 10.3. The summed E-state index contributed by atoms with van der Waals surface area (Å²) in [5.41, 5.74) is 0.550. The predicted octanol–water partition coefficient (Wildman–Crippen LogP) is 2.20. The second kappa shape index (κ2) is 3.46. The number of pyridine rings is 1. The molecule has 0 bridgehead atoms. The fourth-order valence-corrected chi connectivity index (χ4v) is 1.44. The number of hydrogen-bond acceptors (Lipinski definition) is 3. The van der Waals surface area contributed by atoms with Crippen LogP contribution in [0.2, 0.25) is 0 Å². The molecule has 2 rings (SSSR count). The molecule has 1 aromatic rings. The largest absolute Gasteiger partial charge is 0.487 e. The maximum atomic E-state index is 10.7. The van der Waals surface area contributed by atoms with Crippen molar-refractivity contribution in [3.8, 4) is 5.75 Å². The van der Waals surface area contributed by atoms with Crippen LogP contribution in [-0.4, -0.2) is 17.4 Å². The molecule has 1 heterocycles. The molecular formula is C9H8BrNO2. The Bertz CT molecular complexity index is 336. The molecule has 0 spiro atoms. The topological polar surface area (TPSA) is 39.2 Å². The third-order valence-electron chi connectivity index (χ3n) is 1.83. The monoisotopic (exact) mass is 241 g/mol. The van der Waals surface area contributed by atoms with Crippen LogP contribution < -0.4 is 4.74 Å². The van der Waals surface area contributed by atoms with Gasteiger partial charge in [-0.25, -0.2) is 4.98 Å². The van der Waals surface area contributed by atoms with Gasteiger partial charge in [-0.3, -0.25) is 4.79 Å². The minimum atomic E-state index is 0.277. The summed E-state index contributed by atoms with van der Waals surface area (Å²) in [4.78, 5) is 14.7. The van der Waals surface area contributed by atoms with Gasteiger partial charge < -0.3 is 4.74 Å². The minimum Gasteiger partial charge on any atom is -0.487 e. The zero-order valence-electron chi connectivity index (χ0n) is 6.87. The molecule has 1 aliphatic carbocycles. The average molecular weight is 242 g/mol. The van der Waals surface area contributed by atoms with Crippen LogP contribution >= 0.6 is 15.9 Å². The quantitative estimate of drug-likeness (QED) is 0.602. The van der Waals surface area contributed by atoms with Gasteiger partial charge >= 0.3 is 0 Å². The summed E-state index contributed by atoms with van der Waals surface area (Å²) in [5, 5.41) is 0. The van der Waals surface area contributed by atoms with E-state index in [0.717, 1.165) is 19.1 Å². The first-order valence-electron chi connectivity index (χ1n) is 4.07. The molecule has 1 fully saturated rings. The molecule has 68 valence electrons. The van der Waals surface area contributed by atoms with Crippen molar-refractivity contribution in [2.45, 2.75) is 18.9 Å². The van der Waals surface area contributed by atoms with Gasteiger partial charge in [-0.05, 0) is 34.8 Å². The van der Waals surface area contributed by atoms with E-state index in [-0.39, 0.29) is 6.10 Å². The summed E-state index contributed by atoms with van der Waals surface area (Å²) >= 11 is 3.25. The van der Waals surface area contributed by atoms with E-state index in [4.69, 9.17) is 4.74 Å². The first kappa shape index (κ1) is 8.69. The maximum absolute atomic E-state index is 10.7. The molecule has 3 nitrogen and oxygen atoms in total. The van der Waals surface area contributed by atoms with E-state index < -0.39 is 0 Å². The van der Waals surface area contributed by atoms with E-state index in [1.807, 2.05) is 0 Å². The van der Waals surface area contributed by atoms with Crippen molar-refractivity contribution >= 4 is 22.2 Å². The molecule has 0 atom stereocenters. The van der Waals surface area contributed by atoms with E-state index in [2.05, 4.69) is 20.9 Å². The van der Waals surface area contributed by atoms with E-state index in [1.54, 1.807) is 12.3 Å². The van der Waals surface area contributed by atoms with Crippen LogP contribution in [0.1, 0.15) is 23.2 Å². The van der Waals surface area contributed by atoms with Gasteiger partial charge in [-0.15, -0.1) is 0 Å². The summed E-state index contributed by atoms with van der Waals surface area (Å²) in [7, 11) is 0. The van der Waals surface area contributed by atoms with Gasteiger partial charge in [0.2, 0.25) is 0 Å². The molecule has 0 aliphatic heterocycles. The SMILES string of the molecule is O=Cc1ccnc(Br)c1OC1CC1. The second-order valence-electron chi connectivity index (χ2n) is 2.96. The number of carbonyl (C=O) groups is 1. The first-order valence-corrected chi connectivity index (χ1v) is 4.87. The van der Waals surface area contributed by atoms with Crippen LogP contribution in [0, 0.1) is 0 Å². The lowest BCUT2D eigenvalue weighted by Gasteiger charge is -2.07. The van der Waals surface area contributed by atoms with E-state index in [1.165, 1.54) is 0 Å². The molecule has 0 amide bonds. The number of halogens is 1. The number of rotatable bonds is 3. The van der Waals surface area contributed by atoms with E-state index in [0.29, 0.717) is 15.9 Å². The summed E-state index contributed by atoms with van der Waals surface area (Å²) in [6.07, 6.45) is 4.77. The third kappa shape index (κ3) is 1.88. The van der Waals surface area contributed by atoms with Crippen LogP contribution in [0.3, 0.4) is 0 Å². The number of aromatic nitrogens is 1. The van der Waals surface area contributed by atoms with Crippen molar-refractivity contribution in [3.63, 3.8) is 0 Å². The highest BCUT2D eigenvalue weighted by Crippen LogP contribution is 2.32. The number of hydrogen-bond donors (Lipinski definition) is 0. The molecule has 0 unspecified atom stereocenters. The number of aldehydes is 1. The van der Waals surface area contributed by atoms with Crippen LogP contribution in [0.4, 0.5) is 0 Å². The van der Waals surface area contributed by atoms with Gasteiger partial charge in [0.25, 0.3) is 0 Å².